The Balaban J connectivity index is 1.14. The maximum absolute atomic E-state index is 13.0. The predicted molar refractivity (Wildman–Crippen MR) is 170 cm³/mol. The van der Waals surface area contributed by atoms with E-state index < -0.39 is 17.1 Å². The molecule has 5 aliphatic rings. The summed E-state index contributed by atoms with van der Waals surface area (Å²) in [5, 5.41) is 11.3. The van der Waals surface area contributed by atoms with Crippen LogP contribution in [0, 0.1) is 17.8 Å². The zero-order valence-corrected chi connectivity index (χ0v) is 24.8. The number of aromatic amines is 3. The van der Waals surface area contributed by atoms with E-state index in [-0.39, 0.29) is 16.7 Å². The molecule has 44 heavy (non-hydrogen) atoms. The second-order valence-electron chi connectivity index (χ2n) is 13.6. The van der Waals surface area contributed by atoms with E-state index in [0.29, 0.717) is 22.4 Å². The summed E-state index contributed by atoms with van der Waals surface area (Å²) in [6.07, 6.45) is 9.12. The number of H-pyrrole nitrogens is 3. The number of likely N-dealkylation sites (N-methyl/N-ethyl adjacent to an activating group) is 1. The van der Waals surface area contributed by atoms with Gasteiger partial charge in [-0.15, -0.1) is 0 Å². The Labute approximate surface area is 253 Å². The lowest BCUT2D eigenvalue weighted by atomic mass is 9.48. The Bertz CT molecular complexity index is 1920. The molecule has 1 aliphatic heterocycles. The van der Waals surface area contributed by atoms with E-state index in [1.54, 1.807) is 6.07 Å². The minimum absolute atomic E-state index is 0.123. The normalized spacial score (nSPS) is 26.8. The summed E-state index contributed by atoms with van der Waals surface area (Å²) in [5.74, 6) is 2.00. The van der Waals surface area contributed by atoms with Gasteiger partial charge in [-0.05, 0) is 98.6 Å². The first-order valence-corrected chi connectivity index (χ1v) is 15.7. The standard InChI is InChI=1S/C33H37N7O4/c1-38-6-8-39(9-7-38)28-14-26-25(35-31(43)36-26)13-27(28)34-18-24-29(41)37-32(44)40(30(24)42)23-4-2-22(3-5-23)33-15-19-10-20(16-33)12-21(11-19)17-33/h2-5,13-14,18-21,42H,6-12,15-17H2,1H3,(H2,35,36,43)(H,37,41,44). The Morgan fingerprint density at radius 3 is 2.11 bits per heavy atom. The molecule has 0 atom stereocenters. The maximum atomic E-state index is 13.0. The Morgan fingerprint density at radius 2 is 1.48 bits per heavy atom. The van der Waals surface area contributed by atoms with E-state index in [2.05, 4.69) is 48.9 Å². The van der Waals surface area contributed by atoms with Crippen LogP contribution >= 0.6 is 0 Å². The molecule has 4 aliphatic carbocycles. The summed E-state index contributed by atoms with van der Waals surface area (Å²) in [6, 6.07) is 11.6. The third-order valence-electron chi connectivity index (χ3n) is 10.7. The van der Waals surface area contributed by atoms with Crippen molar-refractivity contribution in [2.24, 2.45) is 22.7 Å². The van der Waals surface area contributed by atoms with Crippen LogP contribution in [0.25, 0.3) is 16.7 Å². The molecular formula is C33H37N7O4. The zero-order chi connectivity index (χ0) is 30.2. The van der Waals surface area contributed by atoms with E-state index in [4.69, 9.17) is 0 Å². The van der Waals surface area contributed by atoms with Gasteiger partial charge in [0.2, 0.25) is 5.88 Å². The molecule has 5 fully saturated rings. The van der Waals surface area contributed by atoms with Crippen LogP contribution in [0.1, 0.15) is 49.7 Å². The van der Waals surface area contributed by atoms with Gasteiger partial charge in [0.25, 0.3) is 5.56 Å². The number of hydrogen-bond donors (Lipinski definition) is 4. The SMILES string of the molecule is CN1CCN(c2cc3[nH]c(=O)[nH]c3cc2N=Cc2c(O)n(-c3ccc(C45CC6CC(CC(C6)C4)C5)cc3)c(=O)[nH]c2=O)CC1. The number of aliphatic imine (C=N–C) groups is 1. The van der Waals surface area contributed by atoms with Gasteiger partial charge in [-0.3, -0.25) is 14.8 Å². The molecule has 2 aromatic heterocycles. The molecular weight excluding hydrogens is 558 g/mol. The summed E-state index contributed by atoms with van der Waals surface area (Å²) in [6.45, 7) is 3.29. The number of imidazole rings is 1. The van der Waals surface area contributed by atoms with Gasteiger partial charge in [0.05, 0.1) is 28.1 Å². The van der Waals surface area contributed by atoms with E-state index in [1.165, 1.54) is 50.3 Å². The van der Waals surface area contributed by atoms with Crippen LogP contribution < -0.4 is 21.8 Å². The van der Waals surface area contributed by atoms with Gasteiger partial charge in [0.15, 0.2) is 0 Å². The molecule has 0 unspecified atom stereocenters. The van der Waals surface area contributed by atoms with Crippen molar-refractivity contribution < 1.29 is 5.11 Å². The van der Waals surface area contributed by atoms with Crippen molar-refractivity contribution in [1.29, 1.82) is 0 Å². The fourth-order valence-corrected chi connectivity index (χ4v) is 8.92. The molecule has 4 aromatic rings. The molecule has 11 heteroatoms. The summed E-state index contributed by atoms with van der Waals surface area (Å²) in [5.41, 5.74) is 2.72. The molecule has 228 valence electrons. The number of nitrogens with zero attached hydrogens (tertiary/aromatic N) is 4. The van der Waals surface area contributed by atoms with E-state index in [0.717, 1.165) is 54.2 Å². The lowest BCUT2D eigenvalue weighted by molar-refractivity contribution is -0.00518. The second kappa shape index (κ2) is 10.1. The van der Waals surface area contributed by atoms with Gasteiger partial charge in [-0.2, -0.15) is 0 Å². The molecule has 0 radical (unpaired) electrons. The summed E-state index contributed by atoms with van der Waals surface area (Å²) < 4.78 is 1.13. The van der Waals surface area contributed by atoms with Gasteiger partial charge < -0.3 is 24.9 Å². The lowest BCUT2D eigenvalue weighted by Gasteiger charge is -2.57. The Morgan fingerprint density at radius 1 is 0.864 bits per heavy atom. The van der Waals surface area contributed by atoms with Gasteiger partial charge in [0.1, 0.15) is 5.56 Å². The number of aromatic hydroxyl groups is 1. The Hall–Kier alpha value is -4.38. The lowest BCUT2D eigenvalue weighted by Crippen LogP contribution is -2.48. The van der Waals surface area contributed by atoms with Crippen LogP contribution in [-0.4, -0.2) is 69.0 Å². The molecule has 4 saturated carbocycles. The molecule has 4 bridgehead atoms. The number of anilines is 1. The highest BCUT2D eigenvalue weighted by atomic mass is 16.3. The van der Waals surface area contributed by atoms with Crippen LogP contribution in [-0.2, 0) is 5.41 Å². The Kier molecular flexibility index (Phi) is 6.23. The van der Waals surface area contributed by atoms with Gasteiger partial charge >= 0.3 is 11.4 Å². The predicted octanol–water partition coefficient (Wildman–Crippen LogP) is 3.37. The van der Waals surface area contributed by atoms with Crippen molar-refractivity contribution in [2.45, 2.75) is 43.9 Å². The first-order valence-electron chi connectivity index (χ1n) is 15.7. The van der Waals surface area contributed by atoms with Crippen LogP contribution in [0.2, 0.25) is 0 Å². The van der Waals surface area contributed by atoms with Crippen LogP contribution in [0.4, 0.5) is 11.4 Å². The molecule has 0 amide bonds. The van der Waals surface area contributed by atoms with Gasteiger partial charge in [0, 0.05) is 32.4 Å². The topological polar surface area (TPSA) is 143 Å². The van der Waals surface area contributed by atoms with Crippen molar-refractivity contribution in [1.82, 2.24) is 24.4 Å². The molecule has 4 N–H and O–H groups in total. The molecule has 11 nitrogen and oxygen atoms in total. The summed E-state index contributed by atoms with van der Waals surface area (Å²) in [7, 11) is 2.07. The second-order valence-corrected chi connectivity index (χ2v) is 13.6. The minimum atomic E-state index is -0.727. The molecule has 2 aromatic carbocycles. The number of fused-ring (bicyclic) bond motifs is 1. The van der Waals surface area contributed by atoms with E-state index in [9.17, 15) is 19.5 Å². The molecule has 1 saturated heterocycles. The number of rotatable bonds is 5. The first kappa shape index (κ1) is 27.2. The maximum Gasteiger partial charge on any atom is 0.335 e. The largest absolute Gasteiger partial charge is 0.493 e. The third kappa shape index (κ3) is 4.52. The van der Waals surface area contributed by atoms with E-state index in [1.807, 2.05) is 18.2 Å². The minimum Gasteiger partial charge on any atom is -0.493 e. The summed E-state index contributed by atoms with van der Waals surface area (Å²) in [4.78, 5) is 54.9. The quantitative estimate of drug-likeness (QED) is 0.261. The molecule has 3 heterocycles. The number of hydrogen-bond acceptors (Lipinski definition) is 7. The number of nitrogens with one attached hydrogen (secondary N) is 3. The van der Waals surface area contributed by atoms with Crippen LogP contribution in [0.3, 0.4) is 0 Å². The number of aromatic nitrogens is 4. The zero-order valence-electron chi connectivity index (χ0n) is 24.8. The van der Waals surface area contributed by atoms with Crippen molar-refractivity contribution >= 4 is 28.6 Å². The third-order valence-corrected chi connectivity index (χ3v) is 10.7. The molecule has 0 spiro atoms. The highest BCUT2D eigenvalue weighted by molar-refractivity contribution is 5.91. The smallest absolute Gasteiger partial charge is 0.335 e. The van der Waals surface area contributed by atoms with Gasteiger partial charge in [-0.25, -0.2) is 14.2 Å². The van der Waals surface area contributed by atoms with Crippen molar-refractivity contribution in [3.8, 4) is 11.6 Å². The average molecular weight is 596 g/mol. The monoisotopic (exact) mass is 595 g/mol. The number of piperazine rings is 1. The number of benzene rings is 2. The van der Waals surface area contributed by atoms with Crippen molar-refractivity contribution in [3.63, 3.8) is 0 Å². The fourth-order valence-electron chi connectivity index (χ4n) is 8.92. The highest BCUT2D eigenvalue weighted by Crippen LogP contribution is 2.60. The fraction of sp³-hybridized carbons (Fsp3) is 0.455. The van der Waals surface area contributed by atoms with Crippen LogP contribution in [0.5, 0.6) is 5.88 Å². The van der Waals surface area contributed by atoms with Crippen LogP contribution in [0.15, 0.2) is 55.8 Å². The average Bonchev–Trinajstić information content (AvgIpc) is 3.35. The summed E-state index contributed by atoms with van der Waals surface area (Å²) >= 11 is 0. The molecule has 9 rings (SSSR count). The van der Waals surface area contributed by atoms with Crippen molar-refractivity contribution in [3.05, 3.63) is 78.8 Å². The first-order chi connectivity index (χ1) is 21.2. The highest BCUT2D eigenvalue weighted by Gasteiger charge is 2.51. The van der Waals surface area contributed by atoms with Gasteiger partial charge in [-0.1, -0.05) is 12.1 Å². The van der Waals surface area contributed by atoms with Crippen molar-refractivity contribution in [2.75, 3.05) is 38.1 Å². The van der Waals surface area contributed by atoms with E-state index >= 15 is 0 Å².